The van der Waals surface area contributed by atoms with Gasteiger partial charge in [0.15, 0.2) is 5.17 Å². The Bertz CT molecular complexity index is 461. The summed E-state index contributed by atoms with van der Waals surface area (Å²) in [6, 6.07) is 0. The van der Waals surface area contributed by atoms with Crippen molar-refractivity contribution in [2.45, 2.75) is 0 Å². The summed E-state index contributed by atoms with van der Waals surface area (Å²) in [5, 5.41) is 5.34. The van der Waals surface area contributed by atoms with E-state index >= 15 is 0 Å². The summed E-state index contributed by atoms with van der Waals surface area (Å²) in [7, 11) is 2.13. The first kappa shape index (κ1) is 11.8. The summed E-state index contributed by atoms with van der Waals surface area (Å²) in [5.41, 5.74) is 5.91. The molecule has 2 aliphatic rings. The third-order valence-corrected chi connectivity index (χ3v) is 4.10. The molecule has 3 rings (SSSR count). The average molecular weight is 267 g/mol. The second-order valence-corrected chi connectivity index (χ2v) is 5.55. The fourth-order valence-corrected chi connectivity index (χ4v) is 2.85. The van der Waals surface area contributed by atoms with Crippen LogP contribution in [-0.4, -0.2) is 70.4 Å². The van der Waals surface area contributed by atoms with Crippen molar-refractivity contribution in [1.29, 1.82) is 0 Å². The molecule has 0 atom stereocenters. The number of hydrogen-bond donors (Lipinski definition) is 1. The van der Waals surface area contributed by atoms with E-state index < -0.39 is 0 Å². The van der Waals surface area contributed by atoms with Gasteiger partial charge in [-0.1, -0.05) is 11.8 Å². The number of likely N-dealkylation sites (N-methyl/N-ethyl adjacent to an activating group) is 1. The molecule has 0 aromatic carbocycles. The molecule has 1 aromatic rings. The predicted octanol–water partition coefficient (Wildman–Crippen LogP) is -0.437. The first-order chi connectivity index (χ1) is 8.74. The van der Waals surface area contributed by atoms with Crippen molar-refractivity contribution < 1.29 is 0 Å². The van der Waals surface area contributed by atoms with E-state index in [4.69, 9.17) is 5.73 Å². The highest BCUT2D eigenvalue weighted by Crippen LogP contribution is 2.19. The van der Waals surface area contributed by atoms with E-state index in [0.29, 0.717) is 5.95 Å². The lowest BCUT2D eigenvalue weighted by molar-refractivity contribution is 0.311. The molecular weight excluding hydrogens is 250 g/mol. The van der Waals surface area contributed by atoms with Gasteiger partial charge in [0.25, 0.3) is 0 Å². The summed E-state index contributed by atoms with van der Waals surface area (Å²) in [6.07, 6.45) is 0. The third-order valence-electron chi connectivity index (χ3n) is 3.16. The van der Waals surface area contributed by atoms with Crippen molar-refractivity contribution in [2.24, 2.45) is 4.99 Å². The zero-order valence-electron chi connectivity index (χ0n) is 10.4. The van der Waals surface area contributed by atoms with Crippen molar-refractivity contribution in [2.75, 3.05) is 56.2 Å². The lowest BCUT2D eigenvalue weighted by Crippen LogP contribution is -2.45. The van der Waals surface area contributed by atoms with Gasteiger partial charge < -0.3 is 15.5 Å². The molecule has 0 amide bonds. The van der Waals surface area contributed by atoms with Crippen molar-refractivity contribution >= 4 is 28.8 Å². The number of nitrogens with zero attached hydrogens (tertiary/aromatic N) is 6. The van der Waals surface area contributed by atoms with Crippen LogP contribution in [0.1, 0.15) is 0 Å². The summed E-state index contributed by atoms with van der Waals surface area (Å²) in [4.78, 5) is 13.2. The van der Waals surface area contributed by atoms with Crippen LogP contribution in [0.4, 0.5) is 11.9 Å². The maximum Gasteiger partial charge on any atom is 0.247 e. The Kier molecular flexibility index (Phi) is 3.13. The summed E-state index contributed by atoms with van der Waals surface area (Å²) < 4.78 is 1.66. The lowest BCUT2D eigenvalue weighted by Gasteiger charge is -2.31. The van der Waals surface area contributed by atoms with Gasteiger partial charge in [-0.2, -0.15) is 9.67 Å². The molecule has 0 saturated carbocycles. The molecule has 0 unspecified atom stereocenters. The van der Waals surface area contributed by atoms with E-state index in [1.165, 1.54) is 0 Å². The fourth-order valence-electron chi connectivity index (χ4n) is 2.05. The minimum absolute atomic E-state index is 0.428. The minimum Gasteiger partial charge on any atom is -0.368 e. The van der Waals surface area contributed by atoms with Crippen LogP contribution in [0, 0.1) is 0 Å². The molecule has 0 radical (unpaired) electrons. The van der Waals surface area contributed by atoms with Crippen LogP contribution in [0.3, 0.4) is 0 Å². The first-order valence-electron chi connectivity index (χ1n) is 6.08. The molecule has 2 N–H and O–H groups in total. The molecule has 7 nitrogen and oxygen atoms in total. The maximum absolute atomic E-state index is 5.91. The Morgan fingerprint density at radius 2 is 2.00 bits per heavy atom. The van der Waals surface area contributed by atoms with Crippen LogP contribution < -0.4 is 10.6 Å². The van der Waals surface area contributed by atoms with Gasteiger partial charge >= 0.3 is 0 Å². The standard InChI is InChI=1S/C10H17N7S/c1-15-3-5-16(6-4-15)9-13-8(11)17(14-9)10-12-2-7-18-10/h2-7H2,1H3,(H2,11,13,14). The molecule has 1 saturated heterocycles. The van der Waals surface area contributed by atoms with Gasteiger partial charge in [0.05, 0.1) is 6.54 Å². The van der Waals surface area contributed by atoms with Crippen LogP contribution in [0.5, 0.6) is 0 Å². The normalized spacial score (nSPS) is 21.4. The smallest absolute Gasteiger partial charge is 0.247 e. The topological polar surface area (TPSA) is 75.6 Å². The Labute approximate surface area is 110 Å². The van der Waals surface area contributed by atoms with Gasteiger partial charge in [0, 0.05) is 31.9 Å². The molecule has 3 heterocycles. The van der Waals surface area contributed by atoms with Gasteiger partial charge in [-0.15, -0.1) is 5.10 Å². The number of hydrogen-bond acceptors (Lipinski definition) is 7. The fraction of sp³-hybridized carbons (Fsp3) is 0.700. The van der Waals surface area contributed by atoms with Crippen LogP contribution in [0.2, 0.25) is 0 Å². The Morgan fingerprint density at radius 3 is 2.67 bits per heavy atom. The van der Waals surface area contributed by atoms with Crippen LogP contribution in [0.25, 0.3) is 0 Å². The van der Waals surface area contributed by atoms with Crippen molar-refractivity contribution in [1.82, 2.24) is 19.7 Å². The largest absolute Gasteiger partial charge is 0.368 e. The van der Waals surface area contributed by atoms with Crippen molar-refractivity contribution in [3.8, 4) is 0 Å². The molecule has 18 heavy (non-hydrogen) atoms. The molecule has 2 aliphatic heterocycles. The van der Waals surface area contributed by atoms with Crippen LogP contribution in [0.15, 0.2) is 4.99 Å². The van der Waals surface area contributed by atoms with E-state index in [1.54, 1.807) is 16.4 Å². The molecular formula is C10H17N7S. The molecule has 1 aromatic heterocycles. The second-order valence-electron chi connectivity index (χ2n) is 4.48. The summed E-state index contributed by atoms with van der Waals surface area (Å²) >= 11 is 1.67. The Morgan fingerprint density at radius 1 is 1.22 bits per heavy atom. The van der Waals surface area contributed by atoms with Gasteiger partial charge in [0.2, 0.25) is 11.9 Å². The number of nitrogen functional groups attached to an aromatic ring is 1. The molecule has 8 heteroatoms. The number of nitrogens with two attached hydrogens (primary N) is 1. The van der Waals surface area contributed by atoms with Gasteiger partial charge in [0.1, 0.15) is 0 Å². The maximum atomic E-state index is 5.91. The monoisotopic (exact) mass is 267 g/mol. The highest BCUT2D eigenvalue weighted by atomic mass is 32.2. The SMILES string of the molecule is CN1CCN(c2nc(N)n(C3=NCCS3)n2)CC1. The first-order valence-corrected chi connectivity index (χ1v) is 7.06. The molecule has 0 spiro atoms. The number of aliphatic imine (C=N–C) groups is 1. The molecule has 98 valence electrons. The number of aromatic nitrogens is 3. The predicted molar refractivity (Wildman–Crippen MR) is 74.3 cm³/mol. The summed E-state index contributed by atoms with van der Waals surface area (Å²) in [6.45, 7) is 4.79. The Balaban J connectivity index is 1.79. The summed E-state index contributed by atoms with van der Waals surface area (Å²) in [5.74, 6) is 2.14. The van der Waals surface area contributed by atoms with Crippen molar-refractivity contribution in [3.63, 3.8) is 0 Å². The zero-order valence-corrected chi connectivity index (χ0v) is 11.2. The average Bonchev–Trinajstić information content (AvgIpc) is 2.99. The highest BCUT2D eigenvalue weighted by Gasteiger charge is 2.21. The highest BCUT2D eigenvalue weighted by molar-refractivity contribution is 8.14. The van der Waals surface area contributed by atoms with Gasteiger partial charge in [-0.05, 0) is 7.05 Å². The molecule has 0 bridgehead atoms. The minimum atomic E-state index is 0.428. The lowest BCUT2D eigenvalue weighted by atomic mass is 10.3. The van der Waals surface area contributed by atoms with E-state index in [2.05, 4.69) is 31.9 Å². The van der Waals surface area contributed by atoms with Crippen LogP contribution >= 0.6 is 11.8 Å². The van der Waals surface area contributed by atoms with Gasteiger partial charge in [-0.25, -0.2) is 0 Å². The number of thioether (sulfide) groups is 1. The van der Waals surface area contributed by atoms with E-state index in [0.717, 1.165) is 49.6 Å². The van der Waals surface area contributed by atoms with Gasteiger partial charge in [-0.3, -0.25) is 4.99 Å². The number of anilines is 2. The third kappa shape index (κ3) is 2.17. The van der Waals surface area contributed by atoms with Crippen LogP contribution in [-0.2, 0) is 0 Å². The molecule has 0 aliphatic carbocycles. The quantitative estimate of drug-likeness (QED) is 0.743. The van der Waals surface area contributed by atoms with E-state index in [1.807, 2.05) is 0 Å². The second kappa shape index (κ2) is 4.77. The molecule has 1 fully saturated rings. The number of rotatable bonds is 1. The Hall–Kier alpha value is -1.28. The van der Waals surface area contributed by atoms with Crippen molar-refractivity contribution in [3.05, 3.63) is 0 Å². The van der Waals surface area contributed by atoms with E-state index in [-0.39, 0.29) is 0 Å². The zero-order chi connectivity index (χ0) is 12.5. The van der Waals surface area contributed by atoms with E-state index in [9.17, 15) is 0 Å². The number of piperazine rings is 1.